The highest BCUT2D eigenvalue weighted by Gasteiger charge is 2.33. The predicted molar refractivity (Wildman–Crippen MR) is 89.5 cm³/mol. The Morgan fingerprint density at radius 1 is 1.32 bits per heavy atom. The molecule has 0 fully saturated rings. The largest absolute Gasteiger partial charge is 0.433 e. The molecule has 1 aromatic heterocycles. The Balaban J connectivity index is 1.73. The van der Waals surface area contributed by atoms with Gasteiger partial charge in [-0.25, -0.2) is 9.97 Å². The van der Waals surface area contributed by atoms with E-state index in [0.717, 1.165) is 48.1 Å². The number of anilines is 1. The molecule has 1 atom stereocenters. The van der Waals surface area contributed by atoms with E-state index in [4.69, 9.17) is 0 Å². The molecule has 2 aromatic rings. The standard InChI is InChI=1S/C17H16F3N3OS/c1-11-6-7-12-4-2-3-5-13(12)23(11)15(24)10-25-16-21-9-8-14(22-16)17(18,19)20/h2-5,8-9,11H,6-7,10H2,1H3/t11-/m0/s1. The summed E-state index contributed by atoms with van der Waals surface area (Å²) in [7, 11) is 0. The zero-order valence-corrected chi connectivity index (χ0v) is 14.3. The van der Waals surface area contributed by atoms with Crippen LogP contribution in [0.4, 0.5) is 18.9 Å². The van der Waals surface area contributed by atoms with Gasteiger partial charge < -0.3 is 4.90 Å². The van der Waals surface area contributed by atoms with E-state index in [1.807, 2.05) is 31.2 Å². The van der Waals surface area contributed by atoms with Crippen molar-refractivity contribution in [3.63, 3.8) is 0 Å². The highest BCUT2D eigenvalue weighted by atomic mass is 32.2. The number of benzene rings is 1. The summed E-state index contributed by atoms with van der Waals surface area (Å²) in [5.41, 5.74) is 0.972. The Kier molecular flexibility index (Phi) is 4.99. The van der Waals surface area contributed by atoms with Gasteiger partial charge in [0.15, 0.2) is 5.16 Å². The fourth-order valence-corrected chi connectivity index (χ4v) is 3.52. The average Bonchev–Trinajstić information content (AvgIpc) is 2.59. The Bertz CT molecular complexity index is 782. The van der Waals surface area contributed by atoms with Crippen LogP contribution in [0.5, 0.6) is 0 Å². The maximum absolute atomic E-state index is 12.7. The van der Waals surface area contributed by atoms with Crippen LogP contribution in [0.15, 0.2) is 41.7 Å². The molecule has 1 aliphatic rings. The van der Waals surface area contributed by atoms with Crippen LogP contribution < -0.4 is 4.90 Å². The first-order valence-electron chi connectivity index (χ1n) is 7.79. The number of fused-ring (bicyclic) bond motifs is 1. The van der Waals surface area contributed by atoms with Gasteiger partial charge in [0, 0.05) is 17.9 Å². The van der Waals surface area contributed by atoms with Gasteiger partial charge in [-0.15, -0.1) is 0 Å². The van der Waals surface area contributed by atoms with Gasteiger partial charge in [-0.2, -0.15) is 13.2 Å². The topological polar surface area (TPSA) is 46.1 Å². The van der Waals surface area contributed by atoms with Crippen molar-refractivity contribution in [2.24, 2.45) is 0 Å². The molecule has 3 rings (SSSR count). The van der Waals surface area contributed by atoms with Crippen molar-refractivity contribution in [3.05, 3.63) is 47.8 Å². The second-order valence-corrected chi connectivity index (χ2v) is 6.73. The molecular formula is C17H16F3N3OS. The second kappa shape index (κ2) is 7.03. The van der Waals surface area contributed by atoms with Gasteiger partial charge in [-0.1, -0.05) is 30.0 Å². The molecule has 1 amide bonds. The van der Waals surface area contributed by atoms with Crippen LogP contribution in [0.2, 0.25) is 0 Å². The lowest BCUT2D eigenvalue weighted by atomic mass is 9.97. The lowest BCUT2D eigenvalue weighted by Gasteiger charge is -2.35. The molecule has 0 radical (unpaired) electrons. The molecule has 25 heavy (non-hydrogen) atoms. The Labute approximate surface area is 147 Å². The molecule has 0 spiro atoms. The maximum atomic E-state index is 12.7. The molecule has 0 aliphatic carbocycles. The molecule has 4 nitrogen and oxygen atoms in total. The number of hydrogen-bond donors (Lipinski definition) is 0. The third-order valence-electron chi connectivity index (χ3n) is 4.04. The van der Waals surface area contributed by atoms with Crippen LogP contribution in [0.3, 0.4) is 0 Å². The van der Waals surface area contributed by atoms with Crippen LogP contribution in [0.1, 0.15) is 24.6 Å². The van der Waals surface area contributed by atoms with E-state index in [2.05, 4.69) is 9.97 Å². The normalized spacial score (nSPS) is 17.3. The summed E-state index contributed by atoms with van der Waals surface area (Å²) in [5, 5.41) is -0.0545. The molecule has 1 aromatic carbocycles. The van der Waals surface area contributed by atoms with Crippen molar-refractivity contribution >= 4 is 23.4 Å². The van der Waals surface area contributed by atoms with E-state index in [1.54, 1.807) is 4.90 Å². The van der Waals surface area contributed by atoms with Gasteiger partial charge in [0.25, 0.3) is 0 Å². The fraction of sp³-hybridized carbons (Fsp3) is 0.353. The highest BCUT2D eigenvalue weighted by molar-refractivity contribution is 7.99. The van der Waals surface area contributed by atoms with Gasteiger partial charge >= 0.3 is 6.18 Å². The second-order valence-electron chi connectivity index (χ2n) is 5.79. The number of carbonyl (C=O) groups is 1. The first-order valence-corrected chi connectivity index (χ1v) is 8.78. The van der Waals surface area contributed by atoms with Crippen molar-refractivity contribution in [1.82, 2.24) is 9.97 Å². The molecule has 0 saturated heterocycles. The number of para-hydroxylation sites is 1. The Hall–Kier alpha value is -2.09. The van der Waals surface area contributed by atoms with Crippen molar-refractivity contribution < 1.29 is 18.0 Å². The minimum atomic E-state index is -4.53. The summed E-state index contributed by atoms with van der Waals surface area (Å²) in [6.07, 6.45) is -1.71. The maximum Gasteiger partial charge on any atom is 0.433 e. The van der Waals surface area contributed by atoms with Crippen molar-refractivity contribution in [2.45, 2.75) is 37.1 Å². The van der Waals surface area contributed by atoms with E-state index in [-0.39, 0.29) is 22.9 Å². The monoisotopic (exact) mass is 367 g/mol. The Morgan fingerprint density at radius 2 is 2.08 bits per heavy atom. The molecule has 8 heteroatoms. The smallest absolute Gasteiger partial charge is 0.309 e. The number of carbonyl (C=O) groups excluding carboxylic acids is 1. The minimum absolute atomic E-state index is 0.0139. The number of aromatic nitrogens is 2. The summed E-state index contributed by atoms with van der Waals surface area (Å²) in [5.74, 6) is -0.175. The molecule has 2 heterocycles. The summed E-state index contributed by atoms with van der Waals surface area (Å²) in [6.45, 7) is 1.97. The molecule has 132 valence electrons. The molecule has 1 aliphatic heterocycles. The zero-order valence-electron chi connectivity index (χ0n) is 13.5. The highest BCUT2D eigenvalue weighted by Crippen LogP contribution is 2.32. The number of hydrogen-bond acceptors (Lipinski definition) is 4. The summed E-state index contributed by atoms with van der Waals surface area (Å²) >= 11 is 0.916. The van der Waals surface area contributed by atoms with E-state index < -0.39 is 11.9 Å². The van der Waals surface area contributed by atoms with Gasteiger partial charge in [-0.3, -0.25) is 4.79 Å². The van der Waals surface area contributed by atoms with Crippen molar-refractivity contribution in [2.75, 3.05) is 10.7 Å². The van der Waals surface area contributed by atoms with E-state index in [1.165, 1.54) is 0 Å². The van der Waals surface area contributed by atoms with Crippen LogP contribution in [-0.4, -0.2) is 27.7 Å². The minimum Gasteiger partial charge on any atom is -0.309 e. The van der Waals surface area contributed by atoms with Crippen LogP contribution >= 0.6 is 11.8 Å². The van der Waals surface area contributed by atoms with E-state index >= 15 is 0 Å². The number of amides is 1. The third kappa shape index (κ3) is 3.95. The third-order valence-corrected chi connectivity index (χ3v) is 4.89. The first kappa shape index (κ1) is 17.7. The molecule has 0 saturated carbocycles. The van der Waals surface area contributed by atoms with Crippen LogP contribution in [-0.2, 0) is 17.4 Å². The molecule has 0 bridgehead atoms. The first-order chi connectivity index (χ1) is 11.9. The summed E-state index contributed by atoms with van der Waals surface area (Å²) in [4.78, 5) is 21.7. The van der Waals surface area contributed by atoms with Crippen molar-refractivity contribution in [3.8, 4) is 0 Å². The molecular weight excluding hydrogens is 351 g/mol. The fourth-order valence-electron chi connectivity index (χ4n) is 2.83. The van der Waals surface area contributed by atoms with Gasteiger partial charge in [0.2, 0.25) is 5.91 Å². The summed E-state index contributed by atoms with van der Waals surface area (Å²) in [6, 6.07) is 8.56. The quantitative estimate of drug-likeness (QED) is 0.609. The van der Waals surface area contributed by atoms with Crippen LogP contribution in [0.25, 0.3) is 0 Å². The average molecular weight is 367 g/mol. The van der Waals surface area contributed by atoms with E-state index in [0.29, 0.717) is 0 Å². The number of thioether (sulfide) groups is 1. The molecule has 0 unspecified atom stereocenters. The zero-order chi connectivity index (χ0) is 18.0. The summed E-state index contributed by atoms with van der Waals surface area (Å²) < 4.78 is 38.1. The number of aryl methyl sites for hydroxylation is 1. The number of halogens is 3. The van der Waals surface area contributed by atoms with E-state index in [9.17, 15) is 18.0 Å². The Morgan fingerprint density at radius 3 is 2.84 bits per heavy atom. The predicted octanol–water partition coefficient (Wildman–Crippen LogP) is 3.96. The van der Waals surface area contributed by atoms with Gasteiger partial charge in [-0.05, 0) is 37.5 Å². The number of alkyl halides is 3. The number of nitrogens with zero attached hydrogens (tertiary/aromatic N) is 3. The van der Waals surface area contributed by atoms with Gasteiger partial charge in [0.1, 0.15) is 5.69 Å². The SMILES string of the molecule is C[C@H]1CCc2ccccc2N1C(=O)CSc1nccc(C(F)(F)F)n1. The number of rotatable bonds is 3. The molecule has 0 N–H and O–H groups in total. The lowest BCUT2D eigenvalue weighted by Crippen LogP contribution is -2.43. The van der Waals surface area contributed by atoms with Crippen LogP contribution in [0, 0.1) is 0 Å². The van der Waals surface area contributed by atoms with Crippen molar-refractivity contribution in [1.29, 1.82) is 0 Å². The lowest BCUT2D eigenvalue weighted by molar-refractivity contribution is -0.141. The van der Waals surface area contributed by atoms with Gasteiger partial charge in [0.05, 0.1) is 5.75 Å².